The number of benzene rings is 1. The Balaban J connectivity index is 1.94. The van der Waals surface area contributed by atoms with Gasteiger partial charge in [-0.05, 0) is 18.6 Å². The number of Topliss-reactive ketones (excluding diaryl/α,β-unsaturated/α-hetero) is 1. The molecule has 25 heavy (non-hydrogen) atoms. The zero-order valence-electron chi connectivity index (χ0n) is 14.4. The maximum Gasteiger partial charge on any atom is 0.163 e. The molecule has 0 aliphatic rings. The number of nitrogens with zero attached hydrogens (tertiary/aromatic N) is 3. The van der Waals surface area contributed by atoms with E-state index in [2.05, 4.69) is 10.1 Å². The van der Waals surface area contributed by atoms with Gasteiger partial charge in [0.2, 0.25) is 0 Å². The average molecular weight is 349 g/mol. The largest absolute Gasteiger partial charge is 0.489 e. The summed E-state index contributed by atoms with van der Waals surface area (Å²) in [6.07, 6.45) is 6.86. The predicted molar refractivity (Wildman–Crippen MR) is 89.1 cm³/mol. The van der Waals surface area contributed by atoms with E-state index in [4.69, 9.17) is 4.74 Å². The van der Waals surface area contributed by atoms with Crippen LogP contribution in [-0.4, -0.2) is 27.2 Å². The molecule has 0 fully saturated rings. The van der Waals surface area contributed by atoms with Crippen molar-refractivity contribution in [3.63, 3.8) is 0 Å². The van der Waals surface area contributed by atoms with Gasteiger partial charge in [0.1, 0.15) is 31.1 Å². The normalized spacial score (nSPS) is 13.2. The van der Waals surface area contributed by atoms with Crippen LogP contribution in [0.4, 0.5) is 8.78 Å². The molecule has 1 aromatic heterocycles. The summed E-state index contributed by atoms with van der Waals surface area (Å²) in [6, 6.07) is 2.90. The Kier molecular flexibility index (Phi) is 6.01. The third kappa shape index (κ3) is 5.20. The number of ketones is 1. The fourth-order valence-corrected chi connectivity index (χ4v) is 2.22. The fraction of sp³-hybridized carbons (Fsp3) is 0.389. The molecule has 5 nitrogen and oxygen atoms in total. The maximum absolute atomic E-state index is 13.1. The van der Waals surface area contributed by atoms with Gasteiger partial charge in [0.25, 0.3) is 0 Å². The van der Waals surface area contributed by atoms with Crippen LogP contribution in [0, 0.1) is 17.0 Å². The average Bonchev–Trinajstić information content (AvgIpc) is 3.07. The van der Waals surface area contributed by atoms with E-state index >= 15 is 0 Å². The Morgan fingerprint density at radius 1 is 1.28 bits per heavy atom. The molecule has 1 heterocycles. The molecule has 7 heteroatoms. The lowest BCUT2D eigenvalue weighted by atomic mass is 9.85. The van der Waals surface area contributed by atoms with Crippen molar-refractivity contribution >= 4 is 5.78 Å². The van der Waals surface area contributed by atoms with Crippen LogP contribution in [0.5, 0.6) is 5.75 Å². The summed E-state index contributed by atoms with van der Waals surface area (Å²) in [5.41, 5.74) is -0.507. The zero-order valence-corrected chi connectivity index (χ0v) is 14.4. The van der Waals surface area contributed by atoms with Gasteiger partial charge in [0.05, 0.1) is 0 Å². The number of ether oxygens (including phenoxy) is 1. The smallest absolute Gasteiger partial charge is 0.163 e. The molecular formula is C18H21F2N3O2. The lowest BCUT2D eigenvalue weighted by Gasteiger charge is -2.23. The molecule has 0 radical (unpaired) electrons. The molecule has 2 aromatic rings. The number of halogens is 2. The molecular weight excluding hydrogens is 328 g/mol. The van der Waals surface area contributed by atoms with E-state index < -0.39 is 23.1 Å². The van der Waals surface area contributed by atoms with Crippen LogP contribution in [-0.2, 0) is 4.79 Å². The Morgan fingerprint density at radius 2 is 2.04 bits per heavy atom. The summed E-state index contributed by atoms with van der Waals surface area (Å²) in [7, 11) is 0. The molecule has 1 aromatic carbocycles. The van der Waals surface area contributed by atoms with Crippen LogP contribution < -0.4 is 4.74 Å². The van der Waals surface area contributed by atoms with Crippen molar-refractivity contribution in [1.29, 1.82) is 0 Å². The summed E-state index contributed by atoms with van der Waals surface area (Å²) >= 11 is 0. The van der Waals surface area contributed by atoms with Crippen LogP contribution >= 0.6 is 0 Å². The van der Waals surface area contributed by atoms with Gasteiger partial charge >= 0.3 is 0 Å². The minimum atomic E-state index is -0.955. The molecule has 0 amide bonds. The van der Waals surface area contributed by atoms with E-state index in [1.807, 2.05) is 20.8 Å². The summed E-state index contributed by atoms with van der Waals surface area (Å²) < 4.78 is 32.8. The first-order chi connectivity index (χ1) is 11.8. The Labute approximate surface area is 145 Å². The van der Waals surface area contributed by atoms with E-state index in [0.717, 1.165) is 12.1 Å². The van der Waals surface area contributed by atoms with Gasteiger partial charge in [-0.1, -0.05) is 32.9 Å². The number of aromatic nitrogens is 3. The first kappa shape index (κ1) is 18.8. The maximum atomic E-state index is 13.1. The van der Waals surface area contributed by atoms with Crippen molar-refractivity contribution in [3.8, 4) is 5.75 Å². The Morgan fingerprint density at radius 3 is 2.64 bits per heavy atom. The molecule has 0 aliphatic carbocycles. The first-order valence-electron chi connectivity index (χ1n) is 7.90. The molecule has 134 valence electrons. The van der Waals surface area contributed by atoms with Crippen LogP contribution in [0.1, 0.15) is 33.2 Å². The van der Waals surface area contributed by atoms with E-state index in [0.29, 0.717) is 6.42 Å². The third-order valence-corrected chi connectivity index (χ3v) is 3.56. The second kappa shape index (κ2) is 8.00. The van der Waals surface area contributed by atoms with Crippen molar-refractivity contribution in [1.82, 2.24) is 14.8 Å². The quantitative estimate of drug-likeness (QED) is 0.715. The summed E-state index contributed by atoms with van der Waals surface area (Å²) in [6.45, 7) is 5.75. The van der Waals surface area contributed by atoms with Gasteiger partial charge < -0.3 is 4.74 Å². The van der Waals surface area contributed by atoms with Gasteiger partial charge in [-0.2, -0.15) is 5.10 Å². The molecule has 0 bridgehead atoms. The summed E-state index contributed by atoms with van der Waals surface area (Å²) in [5.74, 6) is -1.59. The number of hydrogen-bond donors (Lipinski definition) is 0. The van der Waals surface area contributed by atoms with E-state index in [9.17, 15) is 13.6 Å². The van der Waals surface area contributed by atoms with Crippen molar-refractivity contribution in [2.24, 2.45) is 5.41 Å². The van der Waals surface area contributed by atoms with Gasteiger partial charge in [-0.25, -0.2) is 18.4 Å². The summed E-state index contributed by atoms with van der Waals surface area (Å²) in [4.78, 5) is 16.5. The molecule has 0 spiro atoms. The first-order valence-corrected chi connectivity index (χ1v) is 7.90. The molecule has 0 saturated carbocycles. The number of rotatable bonds is 7. The molecule has 2 rings (SSSR count). The van der Waals surface area contributed by atoms with E-state index in [1.165, 1.54) is 23.4 Å². The highest BCUT2D eigenvalue weighted by atomic mass is 19.2. The van der Waals surface area contributed by atoms with Crippen molar-refractivity contribution in [2.45, 2.75) is 33.2 Å². The standard InChI is InChI=1S/C18H21F2N3O2/c1-18(2,3)17(24)16(23-12-21-11-22-23)6-4-5-9-25-13-7-8-14(19)15(20)10-13/h4-5,7-8,10-12,16H,6,9H2,1-3H3/b5-4+. The van der Waals surface area contributed by atoms with Crippen LogP contribution in [0.15, 0.2) is 43.0 Å². The zero-order chi connectivity index (χ0) is 18.4. The third-order valence-electron chi connectivity index (χ3n) is 3.56. The van der Waals surface area contributed by atoms with Gasteiger partial charge in [-0.15, -0.1) is 0 Å². The minimum absolute atomic E-state index is 0.0455. The fourth-order valence-electron chi connectivity index (χ4n) is 2.22. The van der Waals surface area contributed by atoms with Gasteiger partial charge in [0, 0.05) is 11.5 Å². The van der Waals surface area contributed by atoms with Crippen LogP contribution in [0.25, 0.3) is 0 Å². The van der Waals surface area contributed by atoms with Crippen molar-refractivity contribution < 1.29 is 18.3 Å². The van der Waals surface area contributed by atoms with Crippen LogP contribution in [0.2, 0.25) is 0 Å². The number of carbonyl (C=O) groups excluding carboxylic acids is 1. The molecule has 1 unspecified atom stereocenters. The molecule has 0 N–H and O–H groups in total. The minimum Gasteiger partial charge on any atom is -0.489 e. The van der Waals surface area contributed by atoms with Crippen molar-refractivity contribution in [3.05, 3.63) is 54.6 Å². The monoisotopic (exact) mass is 349 g/mol. The highest BCUT2D eigenvalue weighted by Gasteiger charge is 2.30. The molecule has 0 aliphatic heterocycles. The van der Waals surface area contributed by atoms with E-state index in [1.54, 1.807) is 12.2 Å². The second-order valence-electron chi connectivity index (χ2n) is 6.60. The lowest BCUT2D eigenvalue weighted by Crippen LogP contribution is -2.30. The number of carbonyl (C=O) groups is 1. The molecule has 1 atom stereocenters. The van der Waals surface area contributed by atoms with Gasteiger partial charge in [0.15, 0.2) is 17.4 Å². The predicted octanol–water partition coefficient (Wildman–Crippen LogP) is 3.74. The van der Waals surface area contributed by atoms with Crippen LogP contribution in [0.3, 0.4) is 0 Å². The van der Waals surface area contributed by atoms with E-state index in [-0.39, 0.29) is 18.1 Å². The topological polar surface area (TPSA) is 57.0 Å². The molecule has 0 saturated heterocycles. The lowest BCUT2D eigenvalue weighted by molar-refractivity contribution is -0.129. The van der Waals surface area contributed by atoms with Gasteiger partial charge in [-0.3, -0.25) is 4.79 Å². The van der Waals surface area contributed by atoms with Crippen molar-refractivity contribution in [2.75, 3.05) is 6.61 Å². The number of hydrogen-bond acceptors (Lipinski definition) is 4. The number of allylic oxidation sites excluding steroid dienone is 1. The SMILES string of the molecule is CC(C)(C)C(=O)C(C/C=C/COc1ccc(F)c(F)c1)n1cncn1. The summed E-state index contributed by atoms with van der Waals surface area (Å²) in [5, 5.41) is 4.06. The second-order valence-corrected chi connectivity index (χ2v) is 6.60. The highest BCUT2D eigenvalue weighted by molar-refractivity contribution is 5.87. The highest BCUT2D eigenvalue weighted by Crippen LogP contribution is 2.25. The Bertz CT molecular complexity index is 737. The Hall–Kier alpha value is -2.57.